The number of hydrogen-bond acceptors (Lipinski definition) is 7. The summed E-state index contributed by atoms with van der Waals surface area (Å²) in [5.41, 5.74) is 1.58. The fourth-order valence-electron chi connectivity index (χ4n) is 3.08. The van der Waals surface area contributed by atoms with Crippen molar-refractivity contribution >= 4 is 41.0 Å². The second-order valence-electron chi connectivity index (χ2n) is 6.84. The Labute approximate surface area is 188 Å². The zero-order chi connectivity index (χ0) is 22.5. The Morgan fingerprint density at radius 2 is 1.88 bits per heavy atom. The topological polar surface area (TPSA) is 94.2 Å². The molecule has 2 heterocycles. The highest BCUT2D eigenvalue weighted by Crippen LogP contribution is 2.33. The van der Waals surface area contributed by atoms with Crippen LogP contribution in [0.15, 0.2) is 53.4 Å². The zero-order valence-corrected chi connectivity index (χ0v) is 18.0. The van der Waals surface area contributed by atoms with Crippen molar-refractivity contribution < 1.29 is 28.6 Å². The van der Waals surface area contributed by atoms with Crippen molar-refractivity contribution in [2.75, 3.05) is 27.0 Å². The SMILES string of the molecule is COc1ccc(C=C2SC(=O)N(CCNC(=O)C=Cc3ccc4c(c3)OCO4)C2=O)cc1. The number of hydrogen-bond donors (Lipinski definition) is 1. The first-order valence-electron chi connectivity index (χ1n) is 9.78. The predicted octanol–water partition coefficient (Wildman–Crippen LogP) is 3.29. The van der Waals surface area contributed by atoms with Crippen LogP contribution in [0.3, 0.4) is 0 Å². The largest absolute Gasteiger partial charge is 0.497 e. The number of carbonyl (C=O) groups excluding carboxylic acids is 3. The molecule has 9 heteroatoms. The summed E-state index contributed by atoms with van der Waals surface area (Å²) in [6, 6.07) is 12.5. The number of methoxy groups -OCH3 is 1. The molecule has 3 amide bonds. The normalized spacial score (nSPS) is 16.3. The number of fused-ring (bicyclic) bond motifs is 1. The third kappa shape index (κ3) is 4.94. The Bertz CT molecular complexity index is 1110. The summed E-state index contributed by atoms with van der Waals surface area (Å²) in [4.78, 5) is 38.3. The van der Waals surface area contributed by atoms with Crippen molar-refractivity contribution in [3.8, 4) is 17.2 Å². The minimum Gasteiger partial charge on any atom is -0.497 e. The maximum atomic E-state index is 12.6. The van der Waals surface area contributed by atoms with Crippen LogP contribution in [0.4, 0.5) is 4.79 Å². The Balaban J connectivity index is 1.28. The van der Waals surface area contributed by atoms with Gasteiger partial charge in [0.25, 0.3) is 11.1 Å². The number of carbonyl (C=O) groups is 3. The van der Waals surface area contributed by atoms with Gasteiger partial charge in [0.2, 0.25) is 12.7 Å². The van der Waals surface area contributed by atoms with E-state index in [2.05, 4.69) is 5.32 Å². The molecular weight excluding hydrogens is 432 g/mol. The highest BCUT2D eigenvalue weighted by molar-refractivity contribution is 8.18. The van der Waals surface area contributed by atoms with Crippen LogP contribution < -0.4 is 19.5 Å². The lowest BCUT2D eigenvalue weighted by molar-refractivity contribution is -0.123. The summed E-state index contributed by atoms with van der Waals surface area (Å²) in [5.74, 6) is 1.31. The van der Waals surface area contributed by atoms with Gasteiger partial charge in [-0.2, -0.15) is 0 Å². The fourth-order valence-corrected chi connectivity index (χ4v) is 3.95. The van der Waals surface area contributed by atoms with Gasteiger partial charge >= 0.3 is 0 Å². The first kappa shape index (κ1) is 21.5. The second kappa shape index (κ2) is 9.61. The van der Waals surface area contributed by atoms with Gasteiger partial charge in [0.05, 0.1) is 12.0 Å². The molecular formula is C23H20N2O6S. The summed E-state index contributed by atoms with van der Waals surface area (Å²) in [5, 5.41) is 2.32. The number of amides is 3. The van der Waals surface area contributed by atoms with Crippen molar-refractivity contribution in [3.05, 3.63) is 64.6 Å². The summed E-state index contributed by atoms with van der Waals surface area (Å²) >= 11 is 0.881. The van der Waals surface area contributed by atoms with Gasteiger partial charge < -0.3 is 19.5 Å². The van der Waals surface area contributed by atoms with Gasteiger partial charge in [0, 0.05) is 19.2 Å². The number of nitrogens with one attached hydrogen (secondary N) is 1. The lowest BCUT2D eigenvalue weighted by Gasteiger charge is -2.12. The molecule has 1 fully saturated rings. The molecule has 2 aromatic rings. The maximum Gasteiger partial charge on any atom is 0.293 e. The molecule has 32 heavy (non-hydrogen) atoms. The number of ether oxygens (including phenoxy) is 3. The molecule has 4 rings (SSSR count). The first-order valence-corrected chi connectivity index (χ1v) is 10.6. The second-order valence-corrected chi connectivity index (χ2v) is 7.84. The molecule has 0 aromatic heterocycles. The van der Waals surface area contributed by atoms with Gasteiger partial charge in [-0.1, -0.05) is 18.2 Å². The van der Waals surface area contributed by atoms with E-state index in [9.17, 15) is 14.4 Å². The number of thioether (sulfide) groups is 1. The number of nitrogens with zero attached hydrogens (tertiary/aromatic N) is 1. The predicted molar refractivity (Wildman–Crippen MR) is 120 cm³/mol. The molecule has 0 atom stereocenters. The highest BCUT2D eigenvalue weighted by atomic mass is 32.2. The van der Waals surface area contributed by atoms with Crippen LogP contribution in [0.1, 0.15) is 11.1 Å². The molecule has 2 aromatic carbocycles. The Kier molecular flexibility index (Phi) is 6.46. The molecule has 2 aliphatic rings. The van der Waals surface area contributed by atoms with Crippen LogP contribution in [0.25, 0.3) is 12.2 Å². The van der Waals surface area contributed by atoms with Crippen LogP contribution in [0.2, 0.25) is 0 Å². The number of imide groups is 1. The fraction of sp³-hybridized carbons (Fsp3) is 0.174. The monoisotopic (exact) mass is 452 g/mol. The van der Waals surface area contributed by atoms with Gasteiger partial charge in [0.15, 0.2) is 11.5 Å². The third-order valence-electron chi connectivity index (χ3n) is 4.75. The van der Waals surface area contributed by atoms with E-state index in [1.807, 2.05) is 6.07 Å². The zero-order valence-electron chi connectivity index (χ0n) is 17.2. The van der Waals surface area contributed by atoms with Crippen LogP contribution >= 0.6 is 11.8 Å². The van der Waals surface area contributed by atoms with Crippen molar-refractivity contribution in [3.63, 3.8) is 0 Å². The molecule has 8 nitrogen and oxygen atoms in total. The maximum absolute atomic E-state index is 12.6. The highest BCUT2D eigenvalue weighted by Gasteiger charge is 2.34. The van der Waals surface area contributed by atoms with Gasteiger partial charge in [-0.05, 0) is 59.3 Å². The van der Waals surface area contributed by atoms with E-state index in [-0.39, 0.29) is 36.9 Å². The Hall–Kier alpha value is -3.72. The molecule has 0 radical (unpaired) electrons. The average molecular weight is 452 g/mol. The third-order valence-corrected chi connectivity index (χ3v) is 5.65. The summed E-state index contributed by atoms with van der Waals surface area (Å²) < 4.78 is 15.7. The smallest absolute Gasteiger partial charge is 0.293 e. The van der Waals surface area contributed by atoms with E-state index in [4.69, 9.17) is 14.2 Å². The molecule has 0 aliphatic carbocycles. The van der Waals surface area contributed by atoms with Gasteiger partial charge in [-0.25, -0.2) is 0 Å². The van der Waals surface area contributed by atoms with E-state index in [1.165, 1.54) is 6.08 Å². The lowest BCUT2D eigenvalue weighted by atomic mass is 10.2. The van der Waals surface area contributed by atoms with E-state index in [1.54, 1.807) is 55.7 Å². The molecule has 1 saturated heterocycles. The minimum atomic E-state index is -0.374. The van der Waals surface area contributed by atoms with Crippen LogP contribution in [-0.4, -0.2) is 48.9 Å². The van der Waals surface area contributed by atoms with E-state index >= 15 is 0 Å². The summed E-state index contributed by atoms with van der Waals surface area (Å²) in [7, 11) is 1.58. The van der Waals surface area contributed by atoms with Crippen molar-refractivity contribution in [2.45, 2.75) is 0 Å². The molecule has 0 unspecified atom stereocenters. The Morgan fingerprint density at radius 1 is 1.12 bits per heavy atom. The van der Waals surface area contributed by atoms with Crippen LogP contribution in [-0.2, 0) is 9.59 Å². The van der Waals surface area contributed by atoms with Gasteiger partial charge in [0.1, 0.15) is 5.75 Å². The van der Waals surface area contributed by atoms with E-state index < -0.39 is 0 Å². The van der Waals surface area contributed by atoms with Gasteiger partial charge in [-0.15, -0.1) is 0 Å². The lowest BCUT2D eigenvalue weighted by Crippen LogP contribution is -2.36. The molecule has 2 aliphatic heterocycles. The van der Waals surface area contributed by atoms with Crippen LogP contribution in [0, 0.1) is 0 Å². The molecule has 1 N–H and O–H groups in total. The summed E-state index contributed by atoms with van der Waals surface area (Å²) in [6.45, 7) is 0.429. The molecule has 0 saturated carbocycles. The summed E-state index contributed by atoms with van der Waals surface area (Å²) in [6.07, 6.45) is 4.70. The number of benzene rings is 2. The van der Waals surface area contributed by atoms with Crippen molar-refractivity contribution in [1.29, 1.82) is 0 Å². The number of rotatable bonds is 7. The quantitative estimate of drug-likeness (QED) is 0.644. The molecule has 0 bridgehead atoms. The average Bonchev–Trinajstić information content (AvgIpc) is 3.37. The van der Waals surface area contributed by atoms with E-state index in [0.29, 0.717) is 22.2 Å². The van der Waals surface area contributed by atoms with E-state index in [0.717, 1.165) is 27.8 Å². The minimum absolute atomic E-state index is 0.0915. The van der Waals surface area contributed by atoms with Crippen molar-refractivity contribution in [1.82, 2.24) is 10.2 Å². The molecule has 164 valence electrons. The Morgan fingerprint density at radius 3 is 2.66 bits per heavy atom. The molecule has 0 spiro atoms. The van der Waals surface area contributed by atoms with Gasteiger partial charge in [-0.3, -0.25) is 19.3 Å². The standard InChI is InChI=1S/C23H20N2O6S/c1-29-17-6-2-16(3-7-17)13-20-22(27)25(23(28)32-20)11-10-24-21(26)9-5-15-4-8-18-19(12-15)31-14-30-18/h2-9,12-13H,10-11,14H2,1H3,(H,24,26). The first-order chi connectivity index (χ1) is 15.5. The van der Waals surface area contributed by atoms with Crippen LogP contribution in [0.5, 0.6) is 17.2 Å². The van der Waals surface area contributed by atoms with Crippen molar-refractivity contribution in [2.24, 2.45) is 0 Å².